The van der Waals surface area contributed by atoms with Gasteiger partial charge in [0.05, 0.1) is 5.56 Å². The maximum Gasteiger partial charge on any atom is 0.223 e. The number of halogens is 1. The van der Waals surface area contributed by atoms with Gasteiger partial charge < -0.3 is 5.73 Å². The van der Waals surface area contributed by atoms with Crippen molar-refractivity contribution in [1.82, 2.24) is 9.97 Å². The van der Waals surface area contributed by atoms with E-state index < -0.39 is 0 Å². The number of anilines is 1. The molecule has 1 aromatic heterocycles. The number of hydrogen-bond donors (Lipinski definition) is 1. The topological polar surface area (TPSA) is 76.5 Å². The zero-order valence-corrected chi connectivity index (χ0v) is 7.78. The van der Waals surface area contributed by atoms with Gasteiger partial charge in [-0.25, -0.2) is 4.98 Å². The van der Waals surface area contributed by atoms with E-state index in [4.69, 9.17) is 17.3 Å². The van der Waals surface area contributed by atoms with Gasteiger partial charge in [0.15, 0.2) is 5.82 Å². The summed E-state index contributed by atoms with van der Waals surface area (Å²) in [5.41, 5.74) is 6.20. The second kappa shape index (κ2) is 2.92. The summed E-state index contributed by atoms with van der Waals surface area (Å²) in [7, 11) is 0. The van der Waals surface area contributed by atoms with Crippen molar-refractivity contribution in [2.24, 2.45) is 10.2 Å². The maximum absolute atomic E-state index is 5.90. The predicted octanol–water partition coefficient (Wildman–Crippen LogP) is 2.26. The fourth-order valence-corrected chi connectivity index (χ4v) is 1.57. The van der Waals surface area contributed by atoms with Crippen molar-refractivity contribution in [3.8, 4) is 0 Å². The minimum atomic E-state index is -0.0110. The van der Waals surface area contributed by atoms with Crippen LogP contribution in [0.25, 0.3) is 0 Å². The Labute approximate surface area is 80.0 Å². The molecule has 6 heteroatoms. The van der Waals surface area contributed by atoms with Gasteiger partial charge in [-0.05, 0) is 6.42 Å². The summed E-state index contributed by atoms with van der Waals surface area (Å²) in [6.45, 7) is 2.01. The predicted molar refractivity (Wildman–Crippen MR) is 49.0 cm³/mol. The molecule has 1 aliphatic heterocycles. The van der Waals surface area contributed by atoms with E-state index in [2.05, 4.69) is 20.2 Å². The van der Waals surface area contributed by atoms with Gasteiger partial charge in [-0.3, -0.25) is 0 Å². The molecule has 0 amide bonds. The highest BCUT2D eigenvalue weighted by Crippen LogP contribution is 2.39. The molecule has 0 unspecified atom stereocenters. The Kier molecular flexibility index (Phi) is 1.88. The summed E-state index contributed by atoms with van der Waals surface area (Å²) >= 11 is 5.90. The van der Waals surface area contributed by atoms with Crippen LogP contribution in [0.1, 0.15) is 24.9 Å². The molecule has 1 aromatic rings. The lowest BCUT2D eigenvalue weighted by Crippen LogP contribution is -1.99. The van der Waals surface area contributed by atoms with E-state index in [9.17, 15) is 0 Å². The van der Waals surface area contributed by atoms with Crippen LogP contribution in [0.2, 0.25) is 5.15 Å². The molecule has 0 radical (unpaired) electrons. The molecule has 0 bridgehead atoms. The van der Waals surface area contributed by atoms with Crippen molar-refractivity contribution in [1.29, 1.82) is 0 Å². The van der Waals surface area contributed by atoms with E-state index in [1.807, 2.05) is 6.92 Å². The molecule has 0 aliphatic carbocycles. The van der Waals surface area contributed by atoms with Crippen LogP contribution < -0.4 is 5.73 Å². The smallest absolute Gasteiger partial charge is 0.223 e. The van der Waals surface area contributed by atoms with Gasteiger partial charge in [0.2, 0.25) is 5.95 Å². The van der Waals surface area contributed by atoms with Crippen LogP contribution in [0.5, 0.6) is 0 Å². The minimum absolute atomic E-state index is 0.0110. The molecule has 1 aliphatic rings. The molecule has 13 heavy (non-hydrogen) atoms. The lowest BCUT2D eigenvalue weighted by atomic mass is 10.1. The summed E-state index contributed by atoms with van der Waals surface area (Å²) in [4.78, 5) is 7.79. The third-order valence-electron chi connectivity index (χ3n) is 1.91. The number of nitrogens with zero attached hydrogens (tertiary/aromatic N) is 4. The Balaban J connectivity index is 2.57. The Bertz CT molecular complexity index is 375. The fraction of sp³-hybridized carbons (Fsp3) is 0.429. The van der Waals surface area contributed by atoms with Crippen molar-refractivity contribution in [2.75, 3.05) is 5.73 Å². The number of azo groups is 1. The number of nitrogen functional groups attached to an aromatic ring is 1. The van der Waals surface area contributed by atoms with Crippen LogP contribution in [0.3, 0.4) is 0 Å². The third-order valence-corrected chi connectivity index (χ3v) is 2.20. The van der Waals surface area contributed by atoms with Crippen LogP contribution in [-0.2, 0) is 0 Å². The molecule has 2 rings (SSSR count). The molecular weight excluding hydrogens is 190 g/mol. The number of nitrogens with two attached hydrogens (primary N) is 1. The van der Waals surface area contributed by atoms with Crippen molar-refractivity contribution >= 4 is 23.4 Å². The van der Waals surface area contributed by atoms with Crippen molar-refractivity contribution in [3.05, 3.63) is 10.7 Å². The van der Waals surface area contributed by atoms with E-state index in [1.54, 1.807) is 0 Å². The summed E-state index contributed by atoms with van der Waals surface area (Å²) in [6.07, 6.45) is 0.837. The first-order valence-corrected chi connectivity index (χ1v) is 4.34. The first kappa shape index (κ1) is 8.37. The molecule has 2 heterocycles. The molecule has 1 atom stereocenters. The van der Waals surface area contributed by atoms with Crippen molar-refractivity contribution in [2.45, 2.75) is 19.4 Å². The molecule has 0 spiro atoms. The van der Waals surface area contributed by atoms with Crippen molar-refractivity contribution in [3.63, 3.8) is 0 Å². The zero-order valence-electron chi connectivity index (χ0n) is 7.03. The lowest BCUT2D eigenvalue weighted by Gasteiger charge is -2.05. The molecule has 0 aromatic carbocycles. The quantitative estimate of drug-likeness (QED) is 0.702. The van der Waals surface area contributed by atoms with E-state index in [0.717, 1.165) is 12.0 Å². The number of hydrogen-bond acceptors (Lipinski definition) is 5. The van der Waals surface area contributed by atoms with E-state index in [0.29, 0.717) is 11.0 Å². The monoisotopic (exact) mass is 197 g/mol. The second-order valence-corrected chi connectivity index (χ2v) is 3.11. The standard InChI is InChI=1S/C7H8ClN5/c1-2-3-4-5(8)10-7(9)11-6(4)13-12-3/h3H,2H2,1H3,(H2,9,10,11)/t3-/m0/s1. The molecule has 0 saturated heterocycles. The summed E-state index contributed by atoms with van der Waals surface area (Å²) in [6, 6.07) is -0.0110. The van der Waals surface area contributed by atoms with Crippen LogP contribution in [0.15, 0.2) is 10.2 Å². The minimum Gasteiger partial charge on any atom is -0.368 e. The van der Waals surface area contributed by atoms with Gasteiger partial charge in [0, 0.05) is 0 Å². The molecular formula is C7H8ClN5. The van der Waals surface area contributed by atoms with Gasteiger partial charge in [-0.15, -0.1) is 5.11 Å². The van der Waals surface area contributed by atoms with Crippen LogP contribution >= 0.6 is 11.6 Å². The second-order valence-electron chi connectivity index (χ2n) is 2.75. The van der Waals surface area contributed by atoms with E-state index in [1.165, 1.54) is 0 Å². The first-order chi connectivity index (χ1) is 6.22. The maximum atomic E-state index is 5.90. The summed E-state index contributed by atoms with van der Waals surface area (Å²) < 4.78 is 0. The van der Waals surface area contributed by atoms with Crippen LogP contribution in [0, 0.1) is 0 Å². The fourth-order valence-electron chi connectivity index (χ4n) is 1.28. The van der Waals surface area contributed by atoms with Gasteiger partial charge in [-0.2, -0.15) is 10.1 Å². The average Bonchev–Trinajstić information content (AvgIpc) is 2.47. The van der Waals surface area contributed by atoms with Crippen LogP contribution in [-0.4, -0.2) is 9.97 Å². The molecule has 0 fully saturated rings. The molecule has 5 nitrogen and oxygen atoms in total. The van der Waals surface area contributed by atoms with E-state index in [-0.39, 0.29) is 12.0 Å². The molecule has 2 N–H and O–H groups in total. The van der Waals surface area contributed by atoms with Gasteiger partial charge in [0.25, 0.3) is 0 Å². The van der Waals surface area contributed by atoms with Gasteiger partial charge in [-0.1, -0.05) is 18.5 Å². The highest BCUT2D eigenvalue weighted by atomic mass is 35.5. The average molecular weight is 198 g/mol. The third kappa shape index (κ3) is 1.25. The first-order valence-electron chi connectivity index (χ1n) is 3.96. The van der Waals surface area contributed by atoms with E-state index >= 15 is 0 Å². The normalized spacial score (nSPS) is 19.1. The number of fused-ring (bicyclic) bond motifs is 1. The summed E-state index contributed by atoms with van der Waals surface area (Å²) in [5.74, 6) is 0.642. The highest BCUT2D eigenvalue weighted by molar-refractivity contribution is 6.30. The Morgan fingerprint density at radius 1 is 1.46 bits per heavy atom. The SMILES string of the molecule is CC[C@@H]1N=Nc2nc(N)nc(Cl)c21. The zero-order chi connectivity index (χ0) is 9.42. The molecule has 0 saturated carbocycles. The number of aromatic nitrogens is 2. The number of rotatable bonds is 1. The highest BCUT2D eigenvalue weighted by Gasteiger charge is 2.24. The Morgan fingerprint density at radius 2 is 2.23 bits per heavy atom. The molecule has 68 valence electrons. The Hall–Kier alpha value is -1.23. The van der Waals surface area contributed by atoms with Crippen molar-refractivity contribution < 1.29 is 0 Å². The summed E-state index contributed by atoms with van der Waals surface area (Å²) in [5, 5.41) is 8.25. The largest absolute Gasteiger partial charge is 0.368 e. The Morgan fingerprint density at radius 3 is 2.92 bits per heavy atom. The lowest BCUT2D eigenvalue weighted by molar-refractivity contribution is 0.695. The van der Waals surface area contributed by atoms with Gasteiger partial charge in [0.1, 0.15) is 11.2 Å². The van der Waals surface area contributed by atoms with Crippen LogP contribution in [0.4, 0.5) is 11.8 Å². The van der Waals surface area contributed by atoms with Gasteiger partial charge >= 0.3 is 0 Å².